The van der Waals surface area contributed by atoms with Gasteiger partial charge in [-0.15, -0.1) is 5.10 Å². The molecule has 0 aliphatic heterocycles. The van der Waals surface area contributed by atoms with E-state index in [1.807, 2.05) is 0 Å². The molecule has 1 aromatic carbocycles. The number of benzene rings is 1. The van der Waals surface area contributed by atoms with Crippen molar-refractivity contribution in [1.82, 2.24) is 20.2 Å². The summed E-state index contributed by atoms with van der Waals surface area (Å²) >= 11 is 0. The maximum Gasteiger partial charge on any atom is 0.514 e. The van der Waals surface area contributed by atoms with Gasteiger partial charge in [0, 0.05) is 0 Å². The van der Waals surface area contributed by atoms with Crippen molar-refractivity contribution < 1.29 is 14.3 Å². The van der Waals surface area contributed by atoms with E-state index in [1.165, 1.54) is 11.0 Å². The van der Waals surface area contributed by atoms with Crippen molar-refractivity contribution in [2.45, 2.75) is 26.4 Å². The van der Waals surface area contributed by atoms with Gasteiger partial charge in [-0.2, -0.15) is 0 Å². The van der Waals surface area contributed by atoms with E-state index in [4.69, 9.17) is 9.47 Å². The van der Waals surface area contributed by atoms with Crippen LogP contribution in [-0.2, 0) is 4.74 Å². The molecule has 1 heterocycles. The summed E-state index contributed by atoms with van der Waals surface area (Å²) in [6.45, 7) is 5.32. The summed E-state index contributed by atoms with van der Waals surface area (Å²) in [6.07, 6.45) is 0.742. The number of nitrogens with zero attached hydrogens (tertiary/aromatic N) is 4. The maximum absolute atomic E-state index is 11.5. The van der Waals surface area contributed by atoms with Gasteiger partial charge in [0.05, 0.1) is 5.69 Å². The molecule has 0 saturated carbocycles. The van der Waals surface area contributed by atoms with Gasteiger partial charge in [0.2, 0.25) is 0 Å². The Balaban J connectivity index is 2.01. The van der Waals surface area contributed by atoms with Crippen molar-refractivity contribution in [2.75, 3.05) is 0 Å². The third-order valence-electron chi connectivity index (χ3n) is 2.04. The predicted octanol–water partition coefficient (Wildman–Crippen LogP) is 1.98. The van der Waals surface area contributed by atoms with Crippen molar-refractivity contribution in [1.29, 1.82) is 0 Å². The number of rotatable bonds is 2. The van der Waals surface area contributed by atoms with Crippen LogP contribution in [0.3, 0.4) is 0 Å². The summed E-state index contributed by atoms with van der Waals surface area (Å²) in [5, 5.41) is 10.8. The van der Waals surface area contributed by atoms with E-state index in [2.05, 4.69) is 15.5 Å². The molecule has 7 heteroatoms. The fraction of sp³-hybridized carbons (Fsp3) is 0.333. The molecule has 0 atom stereocenters. The van der Waals surface area contributed by atoms with Crippen molar-refractivity contribution >= 4 is 6.16 Å². The Morgan fingerprint density at radius 1 is 1.21 bits per heavy atom. The molecule has 0 aliphatic rings. The van der Waals surface area contributed by atoms with Crippen molar-refractivity contribution in [3.63, 3.8) is 0 Å². The molecule has 19 heavy (non-hydrogen) atoms. The normalized spacial score (nSPS) is 11.1. The van der Waals surface area contributed by atoms with Gasteiger partial charge in [-0.1, -0.05) is 0 Å². The van der Waals surface area contributed by atoms with Crippen LogP contribution in [0.2, 0.25) is 0 Å². The largest absolute Gasteiger partial charge is 0.514 e. The fourth-order valence-electron chi connectivity index (χ4n) is 1.31. The first kappa shape index (κ1) is 13.0. The molecule has 0 spiro atoms. The molecular weight excluding hydrogens is 248 g/mol. The molecule has 7 nitrogen and oxygen atoms in total. The molecule has 1 aromatic heterocycles. The molecule has 0 amide bonds. The van der Waals surface area contributed by atoms with Gasteiger partial charge in [-0.25, -0.2) is 9.48 Å². The van der Waals surface area contributed by atoms with Gasteiger partial charge in [-0.3, -0.25) is 0 Å². The summed E-state index contributed by atoms with van der Waals surface area (Å²) in [6, 6.07) is 6.74. The van der Waals surface area contributed by atoms with E-state index in [-0.39, 0.29) is 0 Å². The molecule has 0 saturated heterocycles. The van der Waals surface area contributed by atoms with Crippen LogP contribution < -0.4 is 4.74 Å². The van der Waals surface area contributed by atoms with Crippen LogP contribution >= 0.6 is 0 Å². The van der Waals surface area contributed by atoms with Crippen molar-refractivity contribution in [3.05, 3.63) is 30.6 Å². The first-order valence-electron chi connectivity index (χ1n) is 5.68. The zero-order chi connectivity index (χ0) is 13.9. The molecule has 0 aliphatic carbocycles. The number of carbonyl (C=O) groups is 1. The number of hydrogen-bond acceptors (Lipinski definition) is 6. The highest BCUT2D eigenvalue weighted by atomic mass is 16.7. The highest BCUT2D eigenvalue weighted by Gasteiger charge is 2.17. The number of tetrazole rings is 1. The lowest BCUT2D eigenvalue weighted by Crippen LogP contribution is -2.25. The van der Waals surface area contributed by atoms with Crippen LogP contribution in [0.1, 0.15) is 20.8 Å². The maximum atomic E-state index is 11.5. The smallest absolute Gasteiger partial charge is 0.428 e. The standard InChI is InChI=1S/C12H14N4O3/c1-12(2,3)19-11(17)18-10-6-4-9(5-7-10)16-8-13-14-15-16/h4-8H,1-3H3. The molecular formula is C12H14N4O3. The summed E-state index contributed by atoms with van der Waals surface area (Å²) in [5.41, 5.74) is 0.185. The Morgan fingerprint density at radius 2 is 1.89 bits per heavy atom. The van der Waals surface area contributed by atoms with Crippen LogP contribution in [0, 0.1) is 0 Å². The van der Waals surface area contributed by atoms with E-state index < -0.39 is 11.8 Å². The van der Waals surface area contributed by atoms with Crippen LogP contribution in [-0.4, -0.2) is 32.0 Å². The molecule has 100 valence electrons. The van der Waals surface area contributed by atoms with Crippen molar-refractivity contribution in [3.8, 4) is 11.4 Å². The second-order valence-corrected chi connectivity index (χ2v) is 4.81. The molecule has 0 N–H and O–H groups in total. The zero-order valence-electron chi connectivity index (χ0n) is 10.9. The number of carbonyl (C=O) groups excluding carboxylic acids is 1. The molecule has 2 aromatic rings. The molecule has 0 fully saturated rings. The molecule has 0 unspecified atom stereocenters. The lowest BCUT2D eigenvalue weighted by Gasteiger charge is -2.18. The van der Waals surface area contributed by atoms with Crippen LogP contribution in [0.4, 0.5) is 4.79 Å². The Bertz CT molecular complexity index is 543. The monoisotopic (exact) mass is 262 g/mol. The lowest BCUT2D eigenvalue weighted by molar-refractivity contribution is 0.0206. The SMILES string of the molecule is CC(C)(C)OC(=O)Oc1ccc(-n2cnnn2)cc1. The average Bonchev–Trinajstić information content (AvgIpc) is 2.80. The molecule has 2 rings (SSSR count). The van der Waals surface area contributed by atoms with Gasteiger partial charge in [-0.05, 0) is 55.5 Å². The first-order chi connectivity index (χ1) is 8.94. The number of aromatic nitrogens is 4. The topological polar surface area (TPSA) is 79.1 Å². The third-order valence-corrected chi connectivity index (χ3v) is 2.04. The predicted molar refractivity (Wildman–Crippen MR) is 66.0 cm³/mol. The Morgan fingerprint density at radius 3 is 2.42 bits per heavy atom. The Labute approximate surface area is 110 Å². The Hall–Kier alpha value is -2.44. The highest BCUT2D eigenvalue weighted by Crippen LogP contribution is 2.16. The lowest BCUT2D eigenvalue weighted by atomic mass is 10.2. The summed E-state index contributed by atoms with van der Waals surface area (Å²) in [7, 11) is 0. The minimum atomic E-state index is -0.734. The fourth-order valence-corrected chi connectivity index (χ4v) is 1.31. The summed E-state index contributed by atoms with van der Waals surface area (Å²) in [5.74, 6) is 0.395. The Kier molecular flexibility index (Phi) is 3.46. The van der Waals surface area contributed by atoms with Crippen molar-refractivity contribution in [2.24, 2.45) is 0 Å². The van der Waals surface area contributed by atoms with E-state index in [0.29, 0.717) is 5.75 Å². The highest BCUT2D eigenvalue weighted by molar-refractivity contribution is 5.64. The molecule has 0 radical (unpaired) electrons. The van der Waals surface area contributed by atoms with Crippen LogP contribution in [0.25, 0.3) is 5.69 Å². The quantitative estimate of drug-likeness (QED) is 0.608. The van der Waals surface area contributed by atoms with E-state index >= 15 is 0 Å². The van der Waals surface area contributed by atoms with Gasteiger partial charge < -0.3 is 9.47 Å². The number of ether oxygens (including phenoxy) is 2. The van der Waals surface area contributed by atoms with E-state index in [0.717, 1.165) is 5.69 Å². The van der Waals surface area contributed by atoms with E-state index in [1.54, 1.807) is 45.0 Å². The van der Waals surface area contributed by atoms with Gasteiger partial charge >= 0.3 is 6.16 Å². The second kappa shape index (κ2) is 5.05. The van der Waals surface area contributed by atoms with Gasteiger partial charge in [0.15, 0.2) is 0 Å². The number of hydrogen-bond donors (Lipinski definition) is 0. The first-order valence-corrected chi connectivity index (χ1v) is 5.68. The summed E-state index contributed by atoms with van der Waals surface area (Å²) in [4.78, 5) is 11.5. The molecule has 0 bridgehead atoms. The average molecular weight is 262 g/mol. The van der Waals surface area contributed by atoms with Gasteiger partial charge in [0.1, 0.15) is 17.7 Å². The third kappa shape index (κ3) is 3.77. The van der Waals surface area contributed by atoms with Crippen LogP contribution in [0.15, 0.2) is 30.6 Å². The van der Waals surface area contributed by atoms with E-state index in [9.17, 15) is 4.79 Å². The minimum absolute atomic E-state index is 0.395. The zero-order valence-corrected chi connectivity index (χ0v) is 10.9. The minimum Gasteiger partial charge on any atom is -0.428 e. The summed E-state index contributed by atoms with van der Waals surface area (Å²) < 4.78 is 11.6. The second-order valence-electron chi connectivity index (χ2n) is 4.81. The van der Waals surface area contributed by atoms with Gasteiger partial charge in [0.25, 0.3) is 0 Å². The van der Waals surface area contributed by atoms with Crippen LogP contribution in [0.5, 0.6) is 5.75 Å².